The molecule has 0 aromatic heterocycles. The molecule has 1 aliphatic heterocycles. The van der Waals surface area contributed by atoms with Crippen LogP contribution in [0.5, 0.6) is 0 Å². The first-order chi connectivity index (χ1) is 7.33. The third kappa shape index (κ3) is 1.71. The van der Waals surface area contributed by atoms with Gasteiger partial charge in [0.2, 0.25) is 0 Å². The Bertz CT molecular complexity index is 426. The van der Waals surface area contributed by atoms with E-state index < -0.39 is 5.92 Å². The summed E-state index contributed by atoms with van der Waals surface area (Å²) in [5.41, 5.74) is 3.75. The number of hydrazone groups is 1. The number of hydrogen-bond acceptors (Lipinski definition) is 4. The number of hydrogen-bond donors (Lipinski definition) is 2. The van der Waals surface area contributed by atoms with E-state index in [0.29, 0.717) is 5.71 Å². The van der Waals surface area contributed by atoms with Crippen LogP contribution in [0.25, 0.3) is 0 Å². The normalized spacial score (nSPS) is 20.4. The lowest BCUT2D eigenvalue weighted by atomic mass is 9.98. The fourth-order valence-corrected chi connectivity index (χ4v) is 1.44. The van der Waals surface area contributed by atoms with Crippen molar-refractivity contribution < 1.29 is 10.0 Å². The maximum absolute atomic E-state index is 11.3. The van der Waals surface area contributed by atoms with E-state index in [1.165, 1.54) is 0 Å². The van der Waals surface area contributed by atoms with Crippen molar-refractivity contribution in [3.63, 3.8) is 0 Å². The Morgan fingerprint density at radius 2 is 2.13 bits per heavy atom. The van der Waals surface area contributed by atoms with Gasteiger partial charge in [-0.05, 0) is 5.56 Å². The lowest BCUT2D eigenvalue weighted by Gasteiger charge is -2.03. The highest BCUT2D eigenvalue weighted by molar-refractivity contribution is 6.24. The second-order valence-electron chi connectivity index (χ2n) is 3.08. The van der Waals surface area contributed by atoms with Gasteiger partial charge in [-0.15, -0.1) is 5.16 Å². The van der Waals surface area contributed by atoms with Gasteiger partial charge < -0.3 is 5.21 Å². The molecule has 0 bridgehead atoms. The van der Waals surface area contributed by atoms with Crippen molar-refractivity contribution in [1.82, 2.24) is 5.43 Å². The van der Waals surface area contributed by atoms with E-state index in [2.05, 4.69) is 15.7 Å². The molecule has 5 heteroatoms. The standard InChI is InChI=1S/C10H9N3O2/c14-10-8(6-11-15)9(12-13-10)7-4-2-1-3-5-7/h1-6,8,15H,(H,13,14)/b11-6-/t8-/m0/s1. The third-order valence-corrected chi connectivity index (χ3v) is 2.15. The highest BCUT2D eigenvalue weighted by atomic mass is 16.4. The summed E-state index contributed by atoms with van der Waals surface area (Å²) in [6, 6.07) is 9.28. The van der Waals surface area contributed by atoms with E-state index in [1.807, 2.05) is 30.3 Å². The summed E-state index contributed by atoms with van der Waals surface area (Å²) in [5.74, 6) is -0.899. The van der Waals surface area contributed by atoms with Crippen LogP contribution in [0.3, 0.4) is 0 Å². The number of benzene rings is 1. The quantitative estimate of drug-likeness (QED) is 0.419. The van der Waals surface area contributed by atoms with Crippen molar-refractivity contribution >= 4 is 17.8 Å². The van der Waals surface area contributed by atoms with Gasteiger partial charge in [-0.1, -0.05) is 30.3 Å². The Morgan fingerprint density at radius 1 is 1.40 bits per heavy atom. The van der Waals surface area contributed by atoms with E-state index >= 15 is 0 Å². The van der Waals surface area contributed by atoms with Crippen LogP contribution in [0, 0.1) is 5.92 Å². The van der Waals surface area contributed by atoms with Crippen LogP contribution in [0.15, 0.2) is 40.6 Å². The zero-order valence-electron chi connectivity index (χ0n) is 7.79. The minimum atomic E-state index is -0.614. The van der Waals surface area contributed by atoms with Gasteiger partial charge in [0.15, 0.2) is 0 Å². The molecule has 1 aromatic rings. The fraction of sp³-hybridized carbons (Fsp3) is 0.100. The fourth-order valence-electron chi connectivity index (χ4n) is 1.44. The van der Waals surface area contributed by atoms with Crippen LogP contribution in [-0.2, 0) is 4.79 Å². The monoisotopic (exact) mass is 203 g/mol. The molecule has 76 valence electrons. The SMILES string of the molecule is O=C1NN=C(c2ccccc2)[C@@H]1/C=N\O. The maximum Gasteiger partial charge on any atom is 0.254 e. The predicted molar refractivity (Wildman–Crippen MR) is 54.9 cm³/mol. The Kier molecular flexibility index (Phi) is 2.45. The highest BCUT2D eigenvalue weighted by Crippen LogP contribution is 2.13. The van der Waals surface area contributed by atoms with Crippen LogP contribution < -0.4 is 5.43 Å². The number of carbonyl (C=O) groups excluding carboxylic acids is 1. The van der Waals surface area contributed by atoms with Crippen molar-refractivity contribution in [2.45, 2.75) is 0 Å². The summed E-state index contributed by atoms with van der Waals surface area (Å²) in [4.78, 5) is 11.3. The second kappa shape index (κ2) is 3.91. The molecule has 0 fully saturated rings. The van der Waals surface area contributed by atoms with E-state index in [1.54, 1.807) is 0 Å². The van der Waals surface area contributed by atoms with Gasteiger partial charge in [-0.25, -0.2) is 5.43 Å². The van der Waals surface area contributed by atoms with Crippen molar-refractivity contribution in [2.24, 2.45) is 16.2 Å². The number of rotatable bonds is 2. The predicted octanol–water partition coefficient (Wildman–Crippen LogP) is 0.597. The number of oxime groups is 1. The molecule has 0 spiro atoms. The molecule has 1 atom stereocenters. The lowest BCUT2D eigenvalue weighted by Crippen LogP contribution is -2.24. The smallest absolute Gasteiger partial charge is 0.254 e. The Balaban J connectivity index is 2.34. The first-order valence-electron chi connectivity index (χ1n) is 4.43. The molecular formula is C10H9N3O2. The number of nitrogens with zero attached hydrogens (tertiary/aromatic N) is 2. The summed E-state index contributed by atoms with van der Waals surface area (Å²) in [6.45, 7) is 0. The van der Waals surface area contributed by atoms with Crippen molar-refractivity contribution in [3.05, 3.63) is 35.9 Å². The van der Waals surface area contributed by atoms with E-state index in [9.17, 15) is 4.79 Å². The Morgan fingerprint density at radius 3 is 2.80 bits per heavy atom. The summed E-state index contributed by atoms with van der Waals surface area (Å²) >= 11 is 0. The molecule has 1 heterocycles. The molecule has 0 radical (unpaired) electrons. The van der Waals surface area contributed by atoms with Gasteiger partial charge in [0.05, 0.1) is 11.9 Å². The van der Waals surface area contributed by atoms with E-state index in [0.717, 1.165) is 11.8 Å². The molecule has 0 saturated heterocycles. The topological polar surface area (TPSA) is 74.0 Å². The average Bonchev–Trinajstić information content (AvgIpc) is 2.63. The molecule has 1 amide bonds. The number of amides is 1. The van der Waals surface area contributed by atoms with Gasteiger partial charge in [-0.2, -0.15) is 5.10 Å². The molecule has 0 aliphatic carbocycles. The Hall–Kier alpha value is -2.17. The van der Waals surface area contributed by atoms with Crippen LogP contribution in [-0.4, -0.2) is 23.0 Å². The number of nitrogens with one attached hydrogen (secondary N) is 1. The van der Waals surface area contributed by atoms with Crippen LogP contribution in [0.1, 0.15) is 5.56 Å². The largest absolute Gasteiger partial charge is 0.411 e. The maximum atomic E-state index is 11.3. The van der Waals surface area contributed by atoms with Crippen molar-refractivity contribution in [2.75, 3.05) is 0 Å². The van der Waals surface area contributed by atoms with Gasteiger partial charge >= 0.3 is 0 Å². The molecule has 1 aliphatic rings. The van der Waals surface area contributed by atoms with E-state index in [-0.39, 0.29) is 5.91 Å². The molecule has 5 nitrogen and oxygen atoms in total. The Labute approximate surface area is 86.1 Å². The minimum Gasteiger partial charge on any atom is -0.411 e. The average molecular weight is 203 g/mol. The van der Waals surface area contributed by atoms with E-state index in [4.69, 9.17) is 5.21 Å². The molecule has 2 N–H and O–H groups in total. The molecule has 0 unspecified atom stereocenters. The highest BCUT2D eigenvalue weighted by Gasteiger charge is 2.29. The number of carbonyl (C=O) groups is 1. The lowest BCUT2D eigenvalue weighted by molar-refractivity contribution is -0.120. The van der Waals surface area contributed by atoms with Gasteiger partial charge in [0.1, 0.15) is 5.92 Å². The van der Waals surface area contributed by atoms with Crippen molar-refractivity contribution in [1.29, 1.82) is 0 Å². The zero-order valence-corrected chi connectivity index (χ0v) is 7.79. The van der Waals surface area contributed by atoms with Crippen LogP contribution in [0.2, 0.25) is 0 Å². The molecule has 1 aromatic carbocycles. The molecule has 2 rings (SSSR count). The summed E-state index contributed by atoms with van der Waals surface area (Å²) < 4.78 is 0. The van der Waals surface area contributed by atoms with Crippen LogP contribution >= 0.6 is 0 Å². The summed E-state index contributed by atoms with van der Waals surface area (Å²) in [5, 5.41) is 15.2. The van der Waals surface area contributed by atoms with Crippen LogP contribution in [0.4, 0.5) is 0 Å². The first-order valence-corrected chi connectivity index (χ1v) is 4.43. The van der Waals surface area contributed by atoms with Crippen molar-refractivity contribution in [3.8, 4) is 0 Å². The van der Waals surface area contributed by atoms with Gasteiger partial charge in [0.25, 0.3) is 5.91 Å². The molecular weight excluding hydrogens is 194 g/mol. The van der Waals surface area contributed by atoms with Gasteiger partial charge in [-0.3, -0.25) is 4.79 Å². The minimum absolute atomic E-state index is 0.286. The summed E-state index contributed by atoms with van der Waals surface area (Å²) in [6.07, 6.45) is 1.16. The first kappa shape index (κ1) is 9.39. The third-order valence-electron chi connectivity index (χ3n) is 2.15. The molecule has 15 heavy (non-hydrogen) atoms. The van der Waals surface area contributed by atoms with Gasteiger partial charge in [0, 0.05) is 0 Å². The summed E-state index contributed by atoms with van der Waals surface area (Å²) in [7, 11) is 0. The second-order valence-corrected chi connectivity index (χ2v) is 3.08. The molecule has 0 saturated carbocycles. The zero-order chi connectivity index (χ0) is 10.7.